The molecule has 26 heavy (non-hydrogen) atoms. The van der Waals surface area contributed by atoms with Crippen LogP contribution in [0.2, 0.25) is 0 Å². The summed E-state index contributed by atoms with van der Waals surface area (Å²) in [6, 6.07) is 3.51. The summed E-state index contributed by atoms with van der Waals surface area (Å²) in [4.78, 5) is 10.7. The molecule has 6 nitrogen and oxygen atoms in total. The number of aliphatic hydroxyl groups excluding tert-OH is 1. The number of pyridine rings is 2. The van der Waals surface area contributed by atoms with Gasteiger partial charge in [-0.3, -0.25) is 4.98 Å². The van der Waals surface area contributed by atoms with Gasteiger partial charge >= 0.3 is 0 Å². The summed E-state index contributed by atoms with van der Waals surface area (Å²) in [5, 5.41) is 13.9. The Labute approximate surface area is 153 Å². The number of aliphatic hydroxyl groups is 1. The van der Waals surface area contributed by atoms with Crippen LogP contribution in [0.5, 0.6) is 5.88 Å². The summed E-state index contributed by atoms with van der Waals surface area (Å²) in [7, 11) is 1.54. The molecule has 2 aromatic heterocycles. The Balaban J connectivity index is 1.73. The lowest BCUT2D eigenvalue weighted by molar-refractivity contribution is -0.00499. The van der Waals surface area contributed by atoms with Crippen LogP contribution in [0.4, 0.5) is 4.39 Å². The zero-order valence-corrected chi connectivity index (χ0v) is 15.6. The molecule has 7 heteroatoms. The third-order valence-corrected chi connectivity index (χ3v) is 5.32. The highest BCUT2D eigenvalue weighted by Gasteiger charge is 2.37. The summed E-state index contributed by atoms with van der Waals surface area (Å²) in [5.41, 5.74) is 1.48. The van der Waals surface area contributed by atoms with Gasteiger partial charge in [-0.15, -0.1) is 0 Å². The number of methoxy groups -OCH3 is 1. The van der Waals surface area contributed by atoms with Gasteiger partial charge in [-0.1, -0.05) is 6.92 Å². The number of likely N-dealkylation sites (tertiary alicyclic amines) is 1. The van der Waals surface area contributed by atoms with E-state index in [1.165, 1.54) is 13.3 Å². The molecule has 1 fully saturated rings. The highest BCUT2D eigenvalue weighted by Crippen LogP contribution is 2.24. The molecular weight excluding hydrogens is 335 g/mol. The number of β-amino-alcohol motifs (C(OH)–C–C–N with tert-alkyl or cyclic N) is 1. The van der Waals surface area contributed by atoms with Crippen LogP contribution >= 0.6 is 0 Å². The number of hydrogen-bond donors (Lipinski definition) is 2. The minimum Gasteiger partial charge on any atom is -0.481 e. The first kappa shape index (κ1) is 18.9. The van der Waals surface area contributed by atoms with Crippen LogP contribution in [-0.4, -0.2) is 64.9 Å². The van der Waals surface area contributed by atoms with Gasteiger partial charge in [-0.05, 0) is 32.4 Å². The van der Waals surface area contributed by atoms with Crippen LogP contribution in [0, 0.1) is 5.82 Å². The number of hydrogen-bond acceptors (Lipinski definition) is 6. The average molecular weight is 362 g/mol. The molecule has 0 spiro atoms. The first-order chi connectivity index (χ1) is 12.5. The number of piperidine rings is 1. The first-order valence-corrected chi connectivity index (χ1v) is 9.10. The second kappa shape index (κ2) is 7.82. The largest absolute Gasteiger partial charge is 0.481 e. The molecule has 0 radical (unpaired) electrons. The molecule has 2 N–H and O–H groups in total. The van der Waals surface area contributed by atoms with Gasteiger partial charge in [0.1, 0.15) is 5.82 Å². The van der Waals surface area contributed by atoms with E-state index < -0.39 is 6.10 Å². The zero-order valence-electron chi connectivity index (χ0n) is 15.6. The second-order valence-electron chi connectivity index (χ2n) is 7.07. The highest BCUT2D eigenvalue weighted by molar-refractivity contribution is 5.78. The number of aromatic nitrogens is 2. The molecule has 0 aliphatic carbocycles. The maximum atomic E-state index is 14.4. The fraction of sp³-hybridized carbons (Fsp3) is 0.579. The lowest BCUT2D eigenvalue weighted by Gasteiger charge is -2.44. The molecule has 3 rings (SSSR count). The van der Waals surface area contributed by atoms with Gasteiger partial charge in [0.15, 0.2) is 0 Å². The predicted octanol–water partition coefficient (Wildman–Crippen LogP) is 1.75. The molecule has 1 aliphatic rings. The quantitative estimate of drug-likeness (QED) is 0.816. The van der Waals surface area contributed by atoms with E-state index in [9.17, 15) is 9.50 Å². The molecule has 0 amide bonds. The van der Waals surface area contributed by atoms with Gasteiger partial charge in [0.05, 0.1) is 30.4 Å². The summed E-state index contributed by atoms with van der Waals surface area (Å²) >= 11 is 0. The number of ether oxygens (including phenoxy) is 1. The van der Waals surface area contributed by atoms with Crippen LogP contribution in [0.15, 0.2) is 18.3 Å². The molecular formula is C19H27FN4O2. The van der Waals surface area contributed by atoms with Crippen LogP contribution in [0.1, 0.15) is 25.8 Å². The molecule has 0 bridgehead atoms. The summed E-state index contributed by atoms with van der Waals surface area (Å²) in [6.45, 7) is 7.03. The molecule has 3 heterocycles. The molecule has 0 aromatic carbocycles. The molecule has 2 unspecified atom stereocenters. The minimum atomic E-state index is -0.451. The molecule has 2 atom stereocenters. The summed E-state index contributed by atoms with van der Waals surface area (Å²) in [5.74, 6) is 0.0919. The topological polar surface area (TPSA) is 70.5 Å². The van der Waals surface area contributed by atoms with Crippen molar-refractivity contribution in [1.82, 2.24) is 20.2 Å². The van der Waals surface area contributed by atoms with E-state index in [4.69, 9.17) is 4.74 Å². The van der Waals surface area contributed by atoms with Crippen molar-refractivity contribution in [3.05, 3.63) is 29.7 Å². The van der Waals surface area contributed by atoms with E-state index in [2.05, 4.69) is 27.1 Å². The molecule has 142 valence electrons. The van der Waals surface area contributed by atoms with Gasteiger partial charge in [0.2, 0.25) is 5.88 Å². The predicted molar refractivity (Wildman–Crippen MR) is 98.9 cm³/mol. The van der Waals surface area contributed by atoms with Crippen molar-refractivity contribution in [1.29, 1.82) is 0 Å². The van der Waals surface area contributed by atoms with E-state index in [1.54, 1.807) is 12.1 Å². The minimum absolute atomic E-state index is 0.255. The summed E-state index contributed by atoms with van der Waals surface area (Å²) < 4.78 is 19.5. The van der Waals surface area contributed by atoms with Crippen LogP contribution in [0.3, 0.4) is 0 Å². The van der Waals surface area contributed by atoms with Crippen LogP contribution in [-0.2, 0) is 6.42 Å². The first-order valence-electron chi connectivity index (χ1n) is 9.10. The number of nitrogens with zero attached hydrogens (tertiary/aromatic N) is 3. The molecule has 2 aromatic rings. The van der Waals surface area contributed by atoms with Gasteiger partial charge in [-0.25, -0.2) is 9.37 Å². The Bertz CT molecular complexity index is 773. The fourth-order valence-corrected chi connectivity index (χ4v) is 3.61. The van der Waals surface area contributed by atoms with Crippen molar-refractivity contribution in [2.45, 2.75) is 38.3 Å². The summed E-state index contributed by atoms with van der Waals surface area (Å²) in [6.07, 6.45) is 2.16. The lowest BCUT2D eigenvalue weighted by atomic mass is 9.86. The zero-order chi connectivity index (χ0) is 18.7. The lowest BCUT2D eigenvalue weighted by Crippen LogP contribution is -2.61. The standard InChI is InChI=1S/C19H27FN4O2/c1-4-22-19(2)8-10-24(12-16(19)25)9-7-13-14(20)11-21-15-5-6-17(26-3)23-18(13)15/h5-6,11,16,22,25H,4,7-10,12H2,1-3H3. The van der Waals surface area contributed by atoms with Crippen molar-refractivity contribution in [2.24, 2.45) is 0 Å². The average Bonchev–Trinajstić information content (AvgIpc) is 2.63. The SMILES string of the molecule is CCNC1(C)CCN(CCc2c(F)cnc3ccc(OC)nc23)CC1O. The number of fused-ring (bicyclic) bond motifs is 1. The second-order valence-corrected chi connectivity index (χ2v) is 7.07. The van der Waals surface area contributed by atoms with E-state index >= 15 is 0 Å². The van der Waals surface area contributed by atoms with E-state index in [-0.39, 0.29) is 11.4 Å². The van der Waals surface area contributed by atoms with Gasteiger partial charge in [-0.2, -0.15) is 0 Å². The van der Waals surface area contributed by atoms with Crippen LogP contribution in [0.25, 0.3) is 11.0 Å². The molecule has 0 saturated carbocycles. The highest BCUT2D eigenvalue weighted by atomic mass is 19.1. The van der Waals surface area contributed by atoms with Crippen molar-refractivity contribution in [3.8, 4) is 5.88 Å². The number of halogens is 1. The van der Waals surface area contributed by atoms with Gasteiger partial charge in [0, 0.05) is 36.8 Å². The number of rotatable bonds is 6. The third kappa shape index (κ3) is 3.79. The smallest absolute Gasteiger partial charge is 0.213 e. The van der Waals surface area contributed by atoms with Crippen molar-refractivity contribution >= 4 is 11.0 Å². The normalized spacial score (nSPS) is 24.1. The van der Waals surface area contributed by atoms with Crippen molar-refractivity contribution < 1.29 is 14.2 Å². The Kier molecular flexibility index (Phi) is 5.70. The van der Waals surface area contributed by atoms with E-state index in [0.29, 0.717) is 42.0 Å². The maximum absolute atomic E-state index is 14.4. The monoisotopic (exact) mass is 362 g/mol. The fourth-order valence-electron chi connectivity index (χ4n) is 3.61. The molecule has 1 aliphatic heterocycles. The maximum Gasteiger partial charge on any atom is 0.213 e. The van der Waals surface area contributed by atoms with Gasteiger partial charge < -0.3 is 20.1 Å². The Morgan fingerprint density at radius 1 is 1.46 bits per heavy atom. The Morgan fingerprint density at radius 2 is 2.27 bits per heavy atom. The van der Waals surface area contributed by atoms with Crippen molar-refractivity contribution in [3.63, 3.8) is 0 Å². The van der Waals surface area contributed by atoms with E-state index in [0.717, 1.165) is 19.5 Å². The Morgan fingerprint density at radius 3 is 2.96 bits per heavy atom. The molecule has 1 saturated heterocycles. The van der Waals surface area contributed by atoms with Crippen LogP contribution < -0.4 is 10.1 Å². The number of nitrogens with one attached hydrogen (secondary N) is 1. The van der Waals surface area contributed by atoms with Gasteiger partial charge in [0.25, 0.3) is 0 Å². The third-order valence-electron chi connectivity index (χ3n) is 5.32. The van der Waals surface area contributed by atoms with E-state index in [1.807, 2.05) is 6.92 Å². The van der Waals surface area contributed by atoms with Crippen molar-refractivity contribution in [2.75, 3.05) is 33.3 Å². The number of likely N-dealkylation sites (N-methyl/N-ethyl adjacent to an activating group) is 1. The Hall–Kier alpha value is -1.83.